The standard InChI is InChI=1S/C17H22N2O2S/c1-12(21-2)17-18-14(11-22-17)9-19-8-7-13-5-3-4-6-15(13)16(19)10-20/h3-6,11-12,16,20H,7-10H2,1-2H3. The Hall–Kier alpha value is -1.27. The molecule has 118 valence electrons. The fraction of sp³-hybridized carbons (Fsp3) is 0.471. The van der Waals surface area contributed by atoms with Crippen LogP contribution in [0, 0.1) is 0 Å². The van der Waals surface area contributed by atoms with Crippen molar-refractivity contribution in [2.45, 2.75) is 32.0 Å². The minimum Gasteiger partial charge on any atom is -0.394 e. The lowest BCUT2D eigenvalue weighted by atomic mass is 9.93. The average Bonchev–Trinajstić information content (AvgIpc) is 3.02. The highest BCUT2D eigenvalue weighted by molar-refractivity contribution is 7.09. The van der Waals surface area contributed by atoms with E-state index in [4.69, 9.17) is 4.74 Å². The number of benzene rings is 1. The van der Waals surface area contributed by atoms with Gasteiger partial charge in [-0.1, -0.05) is 24.3 Å². The Kier molecular flexibility index (Phi) is 4.88. The van der Waals surface area contributed by atoms with Crippen molar-refractivity contribution >= 4 is 11.3 Å². The molecule has 0 spiro atoms. The molecule has 0 fully saturated rings. The molecule has 0 aliphatic carbocycles. The molecule has 1 aliphatic heterocycles. The minimum absolute atomic E-state index is 0.0365. The molecule has 2 heterocycles. The van der Waals surface area contributed by atoms with Gasteiger partial charge in [0.25, 0.3) is 0 Å². The van der Waals surface area contributed by atoms with E-state index in [2.05, 4.69) is 33.5 Å². The third kappa shape index (κ3) is 3.08. The summed E-state index contributed by atoms with van der Waals surface area (Å²) >= 11 is 1.64. The van der Waals surface area contributed by atoms with E-state index in [1.54, 1.807) is 18.4 Å². The van der Waals surface area contributed by atoms with Gasteiger partial charge in [-0.15, -0.1) is 11.3 Å². The van der Waals surface area contributed by atoms with E-state index in [-0.39, 0.29) is 18.8 Å². The number of hydrogen-bond acceptors (Lipinski definition) is 5. The number of fused-ring (bicyclic) bond motifs is 1. The second-order valence-electron chi connectivity index (χ2n) is 5.67. The molecular formula is C17H22N2O2S. The van der Waals surface area contributed by atoms with Gasteiger partial charge < -0.3 is 9.84 Å². The van der Waals surface area contributed by atoms with Crippen LogP contribution >= 0.6 is 11.3 Å². The number of aliphatic hydroxyl groups is 1. The van der Waals surface area contributed by atoms with E-state index >= 15 is 0 Å². The summed E-state index contributed by atoms with van der Waals surface area (Å²) in [5.74, 6) is 0. The molecule has 1 N–H and O–H groups in total. The third-order valence-electron chi connectivity index (χ3n) is 4.33. The minimum atomic E-state index is 0.0365. The molecule has 0 amide bonds. The molecule has 1 aromatic heterocycles. The Labute approximate surface area is 135 Å². The SMILES string of the molecule is COC(C)c1nc(CN2CCc3ccccc3C2CO)cs1. The van der Waals surface area contributed by atoms with Crippen LogP contribution in [0.15, 0.2) is 29.6 Å². The second kappa shape index (κ2) is 6.87. The van der Waals surface area contributed by atoms with Crippen LogP contribution in [-0.4, -0.2) is 35.3 Å². The van der Waals surface area contributed by atoms with Crippen molar-refractivity contribution in [2.75, 3.05) is 20.3 Å². The van der Waals surface area contributed by atoms with Crippen molar-refractivity contribution in [3.05, 3.63) is 51.5 Å². The van der Waals surface area contributed by atoms with Crippen molar-refractivity contribution in [3.8, 4) is 0 Å². The van der Waals surface area contributed by atoms with Crippen LogP contribution in [0.4, 0.5) is 0 Å². The summed E-state index contributed by atoms with van der Waals surface area (Å²) in [5, 5.41) is 12.9. The van der Waals surface area contributed by atoms with Crippen molar-refractivity contribution in [2.24, 2.45) is 0 Å². The number of aliphatic hydroxyl groups excluding tert-OH is 1. The highest BCUT2D eigenvalue weighted by Crippen LogP contribution is 2.31. The van der Waals surface area contributed by atoms with Gasteiger partial charge in [0, 0.05) is 25.6 Å². The van der Waals surface area contributed by atoms with Gasteiger partial charge in [-0.05, 0) is 24.5 Å². The summed E-state index contributed by atoms with van der Waals surface area (Å²) in [7, 11) is 1.70. The normalized spacial score (nSPS) is 19.9. The monoisotopic (exact) mass is 318 g/mol. The van der Waals surface area contributed by atoms with Crippen LogP contribution in [0.3, 0.4) is 0 Å². The molecular weight excluding hydrogens is 296 g/mol. The molecule has 1 aromatic carbocycles. The number of methoxy groups -OCH3 is 1. The predicted molar refractivity (Wildman–Crippen MR) is 87.9 cm³/mol. The van der Waals surface area contributed by atoms with E-state index in [0.717, 1.165) is 30.2 Å². The second-order valence-corrected chi connectivity index (χ2v) is 6.56. The summed E-state index contributed by atoms with van der Waals surface area (Å²) in [5.41, 5.74) is 3.66. The molecule has 2 aromatic rings. The fourth-order valence-corrected chi connectivity index (χ4v) is 3.84. The Morgan fingerprint density at radius 1 is 1.45 bits per heavy atom. The molecule has 22 heavy (non-hydrogen) atoms. The number of rotatable bonds is 5. The quantitative estimate of drug-likeness (QED) is 0.921. The van der Waals surface area contributed by atoms with Crippen LogP contribution in [0.5, 0.6) is 0 Å². The first-order valence-corrected chi connectivity index (χ1v) is 8.50. The number of ether oxygens (including phenoxy) is 1. The first-order valence-electron chi connectivity index (χ1n) is 7.62. The van der Waals surface area contributed by atoms with Crippen molar-refractivity contribution in [1.29, 1.82) is 0 Å². The smallest absolute Gasteiger partial charge is 0.122 e. The summed E-state index contributed by atoms with van der Waals surface area (Å²) in [6.07, 6.45) is 1.06. The van der Waals surface area contributed by atoms with E-state index in [1.165, 1.54) is 11.1 Å². The van der Waals surface area contributed by atoms with Crippen LogP contribution in [0.1, 0.15) is 40.9 Å². The summed E-state index contributed by atoms with van der Waals surface area (Å²) in [6.45, 7) is 3.88. The lowest BCUT2D eigenvalue weighted by Gasteiger charge is -2.35. The zero-order chi connectivity index (χ0) is 15.5. The van der Waals surface area contributed by atoms with Crippen LogP contribution in [-0.2, 0) is 17.7 Å². The largest absolute Gasteiger partial charge is 0.394 e. The Balaban J connectivity index is 1.77. The molecule has 0 saturated carbocycles. The Bertz CT molecular complexity index is 629. The lowest BCUT2D eigenvalue weighted by Crippen LogP contribution is -2.36. The van der Waals surface area contributed by atoms with E-state index in [1.807, 2.05) is 13.0 Å². The summed E-state index contributed by atoms with van der Waals surface area (Å²) in [6, 6.07) is 8.47. The van der Waals surface area contributed by atoms with E-state index < -0.39 is 0 Å². The maximum atomic E-state index is 9.84. The van der Waals surface area contributed by atoms with Gasteiger partial charge in [-0.3, -0.25) is 4.90 Å². The van der Waals surface area contributed by atoms with Gasteiger partial charge in [-0.2, -0.15) is 0 Å². The molecule has 0 bridgehead atoms. The van der Waals surface area contributed by atoms with Crippen molar-refractivity contribution in [1.82, 2.24) is 9.88 Å². The Morgan fingerprint density at radius 2 is 2.27 bits per heavy atom. The maximum absolute atomic E-state index is 9.84. The molecule has 5 heteroatoms. The first-order chi connectivity index (χ1) is 10.7. The summed E-state index contributed by atoms with van der Waals surface area (Å²) in [4.78, 5) is 6.99. The molecule has 4 nitrogen and oxygen atoms in total. The number of hydrogen-bond donors (Lipinski definition) is 1. The van der Waals surface area contributed by atoms with Crippen LogP contribution in [0.25, 0.3) is 0 Å². The summed E-state index contributed by atoms with van der Waals surface area (Å²) < 4.78 is 5.32. The molecule has 0 saturated heterocycles. The van der Waals surface area contributed by atoms with Crippen molar-refractivity contribution in [3.63, 3.8) is 0 Å². The zero-order valence-electron chi connectivity index (χ0n) is 13.0. The topological polar surface area (TPSA) is 45.6 Å². The molecule has 2 unspecified atom stereocenters. The fourth-order valence-electron chi connectivity index (χ4n) is 3.00. The van der Waals surface area contributed by atoms with Crippen LogP contribution < -0.4 is 0 Å². The molecule has 2 atom stereocenters. The third-order valence-corrected chi connectivity index (χ3v) is 5.39. The van der Waals surface area contributed by atoms with Crippen LogP contribution in [0.2, 0.25) is 0 Å². The van der Waals surface area contributed by atoms with Gasteiger partial charge in [0.05, 0.1) is 18.3 Å². The zero-order valence-corrected chi connectivity index (χ0v) is 13.8. The number of aromatic nitrogens is 1. The predicted octanol–water partition coefficient (Wildman–Crippen LogP) is 2.94. The number of thiazole rings is 1. The van der Waals surface area contributed by atoms with E-state index in [9.17, 15) is 5.11 Å². The Morgan fingerprint density at radius 3 is 3.05 bits per heavy atom. The van der Waals surface area contributed by atoms with Crippen molar-refractivity contribution < 1.29 is 9.84 Å². The van der Waals surface area contributed by atoms with Gasteiger partial charge in [0.1, 0.15) is 11.1 Å². The first kappa shape index (κ1) is 15.6. The van der Waals surface area contributed by atoms with E-state index in [0.29, 0.717) is 0 Å². The highest BCUT2D eigenvalue weighted by atomic mass is 32.1. The number of nitrogens with zero attached hydrogens (tertiary/aromatic N) is 2. The van der Waals surface area contributed by atoms with Gasteiger partial charge in [-0.25, -0.2) is 4.98 Å². The van der Waals surface area contributed by atoms with Gasteiger partial charge in [0.15, 0.2) is 0 Å². The highest BCUT2D eigenvalue weighted by Gasteiger charge is 2.27. The van der Waals surface area contributed by atoms with Gasteiger partial charge in [0.2, 0.25) is 0 Å². The maximum Gasteiger partial charge on any atom is 0.122 e. The molecule has 0 radical (unpaired) electrons. The lowest BCUT2D eigenvalue weighted by molar-refractivity contribution is 0.106. The van der Waals surface area contributed by atoms with Gasteiger partial charge >= 0.3 is 0 Å². The molecule has 1 aliphatic rings. The average molecular weight is 318 g/mol. The molecule has 3 rings (SSSR count).